The van der Waals surface area contributed by atoms with Crippen molar-refractivity contribution < 1.29 is 21.2 Å². The number of sulfone groups is 1. The number of hydrogen-bond donors (Lipinski definition) is 0. The van der Waals surface area contributed by atoms with E-state index in [0.717, 1.165) is 10.4 Å². The Labute approximate surface area is 136 Å². The normalized spacial score (nSPS) is 19.6. The topological polar surface area (TPSA) is 71.5 Å². The molecule has 118 valence electrons. The van der Waals surface area contributed by atoms with Crippen LogP contribution in [0, 0.1) is 5.82 Å². The minimum absolute atomic E-state index is 0.0641. The van der Waals surface area contributed by atoms with Crippen molar-refractivity contribution in [3.05, 3.63) is 28.0 Å². The zero-order valence-corrected chi connectivity index (χ0v) is 14.7. The molecule has 2 rings (SSSR count). The van der Waals surface area contributed by atoms with Crippen LogP contribution in [0.2, 0.25) is 0 Å². The number of rotatable bonds is 3. The Kier molecular flexibility index (Phi) is 4.99. The predicted octanol–water partition coefficient (Wildman–Crippen LogP) is 1.75. The van der Waals surface area contributed by atoms with Crippen molar-refractivity contribution in [3.8, 4) is 0 Å². The van der Waals surface area contributed by atoms with Gasteiger partial charge in [-0.3, -0.25) is 0 Å². The zero-order chi connectivity index (χ0) is 15.8. The maximum absolute atomic E-state index is 14.2. The molecule has 5 nitrogen and oxygen atoms in total. The second-order valence-electron chi connectivity index (χ2n) is 4.57. The van der Waals surface area contributed by atoms with E-state index in [1.165, 1.54) is 6.07 Å². The summed E-state index contributed by atoms with van der Waals surface area (Å²) in [5.41, 5.74) is 0.0641. The van der Waals surface area contributed by atoms with Crippen molar-refractivity contribution in [2.75, 3.05) is 24.6 Å². The first-order valence-corrected chi connectivity index (χ1v) is 10.5. The Hall–Kier alpha value is -0.220. The molecular weight excluding hydrogens is 409 g/mol. The third-order valence-electron chi connectivity index (χ3n) is 3.14. The second-order valence-corrected chi connectivity index (χ2v) is 9.96. The summed E-state index contributed by atoms with van der Waals surface area (Å²) in [5.74, 6) is -1.59. The third-order valence-corrected chi connectivity index (χ3v) is 7.40. The fraction of sp³-hybridized carbons (Fsp3) is 0.455. The van der Waals surface area contributed by atoms with Gasteiger partial charge in [0.25, 0.3) is 0 Å². The Morgan fingerprint density at radius 3 is 2.38 bits per heavy atom. The zero-order valence-electron chi connectivity index (χ0n) is 10.7. The lowest BCUT2D eigenvalue weighted by Gasteiger charge is -2.26. The quantitative estimate of drug-likeness (QED) is 0.699. The molecule has 10 heteroatoms. The van der Waals surface area contributed by atoms with Crippen molar-refractivity contribution in [1.29, 1.82) is 0 Å². The summed E-state index contributed by atoms with van der Waals surface area (Å²) in [4.78, 5) is -0.494. The van der Waals surface area contributed by atoms with Gasteiger partial charge in [-0.2, -0.15) is 4.31 Å². The first-order chi connectivity index (χ1) is 9.67. The Balaban J connectivity index is 2.43. The Morgan fingerprint density at radius 2 is 1.86 bits per heavy atom. The number of hydrogen-bond acceptors (Lipinski definition) is 4. The van der Waals surface area contributed by atoms with Gasteiger partial charge < -0.3 is 0 Å². The summed E-state index contributed by atoms with van der Waals surface area (Å²) in [6.07, 6.45) is 0. The summed E-state index contributed by atoms with van der Waals surface area (Å²) >= 11 is 8.72. The van der Waals surface area contributed by atoms with Gasteiger partial charge in [-0.05, 0) is 12.1 Å². The van der Waals surface area contributed by atoms with E-state index in [9.17, 15) is 21.2 Å². The molecule has 1 fully saturated rings. The van der Waals surface area contributed by atoms with Crippen LogP contribution in [-0.4, -0.2) is 45.7 Å². The van der Waals surface area contributed by atoms with Crippen LogP contribution >= 0.6 is 27.5 Å². The number of alkyl halides is 1. The largest absolute Gasteiger partial charge is 0.246 e. The maximum atomic E-state index is 14.2. The molecule has 0 amide bonds. The van der Waals surface area contributed by atoms with E-state index in [1.54, 1.807) is 0 Å². The average molecular weight is 421 g/mol. The van der Waals surface area contributed by atoms with Crippen LogP contribution in [0.5, 0.6) is 0 Å². The molecule has 0 aliphatic carbocycles. The lowest BCUT2D eigenvalue weighted by molar-refractivity contribution is 0.426. The molecule has 1 aliphatic heterocycles. The van der Waals surface area contributed by atoms with Crippen molar-refractivity contribution in [2.45, 2.75) is 10.8 Å². The molecule has 0 spiro atoms. The van der Waals surface area contributed by atoms with Crippen LogP contribution in [0.3, 0.4) is 0 Å². The number of nitrogens with zero attached hydrogens (tertiary/aromatic N) is 1. The van der Waals surface area contributed by atoms with Crippen LogP contribution in [-0.2, 0) is 25.7 Å². The van der Waals surface area contributed by atoms with Crippen molar-refractivity contribution in [2.24, 2.45) is 0 Å². The van der Waals surface area contributed by atoms with E-state index < -0.39 is 30.6 Å². The highest BCUT2D eigenvalue weighted by Crippen LogP contribution is 2.28. The van der Waals surface area contributed by atoms with Crippen LogP contribution in [0.15, 0.2) is 21.5 Å². The third kappa shape index (κ3) is 3.58. The summed E-state index contributed by atoms with van der Waals surface area (Å²) in [6, 6.07) is 2.56. The first-order valence-electron chi connectivity index (χ1n) is 5.92. The van der Waals surface area contributed by atoms with E-state index >= 15 is 0 Å². The molecule has 1 aliphatic rings. The molecule has 0 unspecified atom stereocenters. The molecule has 0 saturated carbocycles. The summed E-state index contributed by atoms with van der Waals surface area (Å²) in [6.45, 7) is -0.348. The molecule has 0 aromatic heterocycles. The van der Waals surface area contributed by atoms with Crippen LogP contribution in [0.25, 0.3) is 0 Å². The van der Waals surface area contributed by atoms with Crippen LogP contribution in [0.1, 0.15) is 5.56 Å². The number of benzene rings is 1. The highest BCUT2D eigenvalue weighted by atomic mass is 79.9. The number of sulfonamides is 1. The summed E-state index contributed by atoms with van der Waals surface area (Å²) < 4.78 is 63.3. The van der Waals surface area contributed by atoms with Crippen LogP contribution in [0.4, 0.5) is 4.39 Å². The van der Waals surface area contributed by atoms with Gasteiger partial charge in [-0.1, -0.05) is 15.9 Å². The minimum Gasteiger partial charge on any atom is -0.229 e. The van der Waals surface area contributed by atoms with Crippen molar-refractivity contribution >= 4 is 47.4 Å². The highest BCUT2D eigenvalue weighted by molar-refractivity contribution is 9.10. The molecule has 0 N–H and O–H groups in total. The molecule has 21 heavy (non-hydrogen) atoms. The van der Waals surface area contributed by atoms with Gasteiger partial charge in [0.15, 0.2) is 9.84 Å². The van der Waals surface area contributed by atoms with Gasteiger partial charge >= 0.3 is 0 Å². The second kappa shape index (κ2) is 6.11. The Bertz CT molecular complexity index is 753. The van der Waals surface area contributed by atoms with Gasteiger partial charge in [-0.15, -0.1) is 11.6 Å². The fourth-order valence-corrected chi connectivity index (χ4v) is 5.84. The standard InChI is InChI=1S/C11H12BrClFNO4S2/c12-9-5-8(7-13)11(14)10(6-9)21(18,19)15-1-3-20(16,17)4-2-15/h5-6H,1-4,7H2. The first kappa shape index (κ1) is 17.1. The molecule has 1 heterocycles. The van der Waals surface area contributed by atoms with Crippen molar-refractivity contribution in [1.82, 2.24) is 4.31 Å². The van der Waals surface area contributed by atoms with Crippen LogP contribution < -0.4 is 0 Å². The lowest BCUT2D eigenvalue weighted by atomic mass is 10.2. The molecule has 0 bridgehead atoms. The van der Waals surface area contributed by atoms with Gasteiger partial charge in [0.2, 0.25) is 10.0 Å². The SMILES string of the molecule is O=S1(=O)CCN(S(=O)(=O)c2cc(Br)cc(CCl)c2F)CC1. The molecule has 1 saturated heterocycles. The average Bonchev–Trinajstić information content (AvgIpc) is 2.40. The van der Waals surface area contributed by atoms with E-state index in [4.69, 9.17) is 11.6 Å². The predicted molar refractivity (Wildman–Crippen MR) is 81.1 cm³/mol. The lowest BCUT2D eigenvalue weighted by Crippen LogP contribution is -2.43. The fourth-order valence-electron chi connectivity index (χ4n) is 1.98. The minimum atomic E-state index is -4.09. The van der Waals surface area contributed by atoms with Gasteiger partial charge in [0, 0.05) is 23.1 Å². The number of halogens is 3. The monoisotopic (exact) mass is 419 g/mol. The van der Waals surface area contributed by atoms with Gasteiger partial charge in [0.1, 0.15) is 10.7 Å². The Morgan fingerprint density at radius 1 is 1.29 bits per heavy atom. The van der Waals surface area contributed by atoms with E-state index in [2.05, 4.69) is 15.9 Å². The maximum Gasteiger partial charge on any atom is 0.246 e. The molecule has 1 aromatic carbocycles. The molecule has 0 atom stereocenters. The highest BCUT2D eigenvalue weighted by Gasteiger charge is 2.33. The van der Waals surface area contributed by atoms with Crippen molar-refractivity contribution in [3.63, 3.8) is 0 Å². The molecule has 0 radical (unpaired) electrons. The van der Waals surface area contributed by atoms with E-state index in [-0.39, 0.29) is 36.0 Å². The van der Waals surface area contributed by atoms with E-state index in [0.29, 0.717) is 4.47 Å². The van der Waals surface area contributed by atoms with Gasteiger partial charge in [0.05, 0.1) is 17.4 Å². The summed E-state index contributed by atoms with van der Waals surface area (Å²) in [7, 11) is -7.31. The van der Waals surface area contributed by atoms with Gasteiger partial charge in [-0.25, -0.2) is 21.2 Å². The molecule has 1 aromatic rings. The molecular formula is C11H12BrClFNO4S2. The smallest absolute Gasteiger partial charge is 0.229 e. The van der Waals surface area contributed by atoms with E-state index in [1.807, 2.05) is 0 Å². The summed E-state index contributed by atoms with van der Waals surface area (Å²) in [5, 5.41) is 0.